The highest BCUT2D eigenvalue weighted by Gasteiger charge is 2.18. The molecule has 8 heteroatoms. The number of nitro benzene ring substituents is 1. The summed E-state index contributed by atoms with van der Waals surface area (Å²) in [6, 6.07) is 15.0. The molecule has 0 aliphatic rings. The highest BCUT2D eigenvalue weighted by Crippen LogP contribution is 2.24. The lowest BCUT2D eigenvalue weighted by molar-refractivity contribution is -0.384. The summed E-state index contributed by atoms with van der Waals surface area (Å²) in [4.78, 5) is 35.5. The van der Waals surface area contributed by atoms with Crippen molar-refractivity contribution in [3.8, 4) is 11.3 Å². The summed E-state index contributed by atoms with van der Waals surface area (Å²) < 4.78 is 6.91. The minimum absolute atomic E-state index is 0.0168. The summed E-state index contributed by atoms with van der Waals surface area (Å²) in [6.45, 7) is 3.25. The van der Waals surface area contributed by atoms with Gasteiger partial charge in [0.25, 0.3) is 11.2 Å². The molecule has 4 aromatic rings. The van der Waals surface area contributed by atoms with Gasteiger partial charge < -0.3 is 4.52 Å². The zero-order valence-electron chi connectivity index (χ0n) is 16.3. The molecule has 150 valence electrons. The number of para-hydroxylation sites is 1. The Morgan fingerprint density at radius 2 is 1.87 bits per heavy atom. The molecule has 8 nitrogen and oxygen atoms in total. The van der Waals surface area contributed by atoms with Gasteiger partial charge in [-0.25, -0.2) is 0 Å². The van der Waals surface area contributed by atoms with Gasteiger partial charge in [0.1, 0.15) is 5.69 Å². The van der Waals surface area contributed by atoms with Crippen molar-refractivity contribution >= 4 is 22.4 Å². The van der Waals surface area contributed by atoms with Crippen molar-refractivity contribution in [2.24, 2.45) is 0 Å². The minimum Gasteiger partial charge on any atom is -0.359 e. The smallest absolute Gasteiger partial charge is 0.269 e. The monoisotopic (exact) mass is 403 g/mol. The summed E-state index contributed by atoms with van der Waals surface area (Å²) in [5, 5.41) is 15.6. The molecule has 2 aromatic heterocycles. The fourth-order valence-corrected chi connectivity index (χ4v) is 3.57. The molecule has 0 spiro atoms. The van der Waals surface area contributed by atoms with Gasteiger partial charge in [0, 0.05) is 29.1 Å². The van der Waals surface area contributed by atoms with Crippen molar-refractivity contribution in [2.45, 2.75) is 20.4 Å². The molecular weight excluding hydrogens is 386 g/mol. The first kappa shape index (κ1) is 19.3. The van der Waals surface area contributed by atoms with Gasteiger partial charge in [0.15, 0.2) is 11.5 Å². The number of ketones is 1. The molecule has 0 unspecified atom stereocenters. The molecular formula is C22H17N3O5. The Bertz CT molecular complexity index is 1350. The van der Waals surface area contributed by atoms with E-state index in [4.69, 9.17) is 4.52 Å². The second-order valence-corrected chi connectivity index (χ2v) is 6.95. The second kappa shape index (κ2) is 7.40. The molecule has 0 N–H and O–H groups in total. The fourth-order valence-electron chi connectivity index (χ4n) is 3.57. The van der Waals surface area contributed by atoms with Gasteiger partial charge in [-0.3, -0.25) is 24.3 Å². The van der Waals surface area contributed by atoms with Crippen LogP contribution in [0.5, 0.6) is 0 Å². The number of nitro groups is 1. The third-order valence-electron chi connectivity index (χ3n) is 5.03. The summed E-state index contributed by atoms with van der Waals surface area (Å²) >= 11 is 0. The largest absolute Gasteiger partial charge is 0.359 e. The number of fused-ring (bicyclic) bond motifs is 1. The Labute approximate surface area is 170 Å². The Kier molecular flexibility index (Phi) is 4.75. The SMILES string of the molecule is CC(=O)c1c(C)c2ccccc2n(Cc2cc(-c3ccc([N+](=O)[O-])cc3)no2)c1=O. The molecule has 4 rings (SSSR count). The number of benzene rings is 2. The molecule has 0 saturated heterocycles. The van der Waals surface area contributed by atoms with Gasteiger partial charge in [-0.1, -0.05) is 23.4 Å². The van der Waals surface area contributed by atoms with Gasteiger partial charge in [-0.2, -0.15) is 0 Å². The van der Waals surface area contributed by atoms with Crippen LogP contribution in [0.3, 0.4) is 0 Å². The van der Waals surface area contributed by atoms with Crippen LogP contribution in [0.15, 0.2) is 63.9 Å². The number of non-ortho nitro benzene ring substituents is 1. The van der Waals surface area contributed by atoms with E-state index in [1.807, 2.05) is 24.3 Å². The topological polar surface area (TPSA) is 108 Å². The van der Waals surface area contributed by atoms with E-state index in [2.05, 4.69) is 5.16 Å². The first-order chi connectivity index (χ1) is 14.4. The predicted octanol–water partition coefficient (Wildman–Crippen LogP) is 4.12. The van der Waals surface area contributed by atoms with E-state index >= 15 is 0 Å². The first-order valence-electron chi connectivity index (χ1n) is 9.20. The van der Waals surface area contributed by atoms with Crippen LogP contribution in [-0.2, 0) is 6.54 Å². The van der Waals surface area contributed by atoms with E-state index in [9.17, 15) is 19.7 Å². The highest BCUT2D eigenvalue weighted by atomic mass is 16.6. The van der Waals surface area contributed by atoms with E-state index in [0.717, 1.165) is 5.39 Å². The number of hydrogen-bond acceptors (Lipinski definition) is 6. The van der Waals surface area contributed by atoms with Crippen molar-refractivity contribution in [1.29, 1.82) is 0 Å². The molecule has 0 aliphatic carbocycles. The average Bonchev–Trinajstić information content (AvgIpc) is 3.20. The van der Waals surface area contributed by atoms with Gasteiger partial charge in [0.2, 0.25) is 0 Å². The Morgan fingerprint density at radius 1 is 1.17 bits per heavy atom. The number of aryl methyl sites for hydroxylation is 1. The molecule has 0 radical (unpaired) electrons. The minimum atomic E-state index is -0.473. The maximum absolute atomic E-state index is 13.0. The highest BCUT2D eigenvalue weighted by molar-refractivity contribution is 6.00. The van der Waals surface area contributed by atoms with Gasteiger partial charge in [-0.15, -0.1) is 0 Å². The summed E-state index contributed by atoms with van der Waals surface area (Å²) in [6.07, 6.45) is 0. The van der Waals surface area contributed by atoms with Crippen LogP contribution >= 0.6 is 0 Å². The Hall–Kier alpha value is -4.07. The van der Waals surface area contributed by atoms with Crippen LogP contribution in [-0.4, -0.2) is 20.4 Å². The standard InChI is InChI=1S/C22H17N3O5/c1-13-18-5-3-4-6-20(18)24(22(27)21(13)14(2)26)12-17-11-19(23-30-17)15-7-9-16(10-8-15)25(28)29/h3-11H,12H2,1-2H3. The van der Waals surface area contributed by atoms with Crippen molar-refractivity contribution in [3.63, 3.8) is 0 Å². The molecule has 2 aromatic carbocycles. The van der Waals surface area contributed by atoms with Crippen molar-refractivity contribution in [2.75, 3.05) is 0 Å². The van der Waals surface area contributed by atoms with Gasteiger partial charge >= 0.3 is 0 Å². The number of rotatable bonds is 5. The summed E-state index contributed by atoms with van der Waals surface area (Å²) in [5.74, 6) is 0.134. The van der Waals surface area contributed by atoms with E-state index in [0.29, 0.717) is 28.1 Å². The molecule has 0 saturated carbocycles. The lowest BCUT2D eigenvalue weighted by atomic mass is 10.0. The maximum atomic E-state index is 13.0. The number of hydrogen-bond donors (Lipinski definition) is 0. The molecule has 0 bridgehead atoms. The number of nitrogens with zero attached hydrogens (tertiary/aromatic N) is 3. The lowest BCUT2D eigenvalue weighted by Gasteiger charge is -2.13. The molecule has 30 heavy (non-hydrogen) atoms. The average molecular weight is 403 g/mol. The van der Waals surface area contributed by atoms with E-state index < -0.39 is 4.92 Å². The van der Waals surface area contributed by atoms with Crippen LogP contribution < -0.4 is 5.56 Å². The number of aromatic nitrogens is 2. The fraction of sp³-hybridized carbons (Fsp3) is 0.136. The normalized spacial score (nSPS) is 11.0. The predicted molar refractivity (Wildman–Crippen MR) is 111 cm³/mol. The Morgan fingerprint density at radius 3 is 2.53 bits per heavy atom. The Balaban J connectivity index is 1.76. The number of pyridine rings is 1. The first-order valence-corrected chi connectivity index (χ1v) is 9.20. The van der Waals surface area contributed by atoms with E-state index in [-0.39, 0.29) is 29.1 Å². The van der Waals surface area contributed by atoms with Crippen LogP contribution in [0.25, 0.3) is 22.2 Å². The summed E-state index contributed by atoms with van der Waals surface area (Å²) in [5.41, 5.74) is 2.26. The van der Waals surface area contributed by atoms with Crippen LogP contribution in [0, 0.1) is 17.0 Å². The summed E-state index contributed by atoms with van der Waals surface area (Å²) in [7, 11) is 0. The van der Waals surface area contributed by atoms with Gasteiger partial charge in [0.05, 0.1) is 22.5 Å². The van der Waals surface area contributed by atoms with Crippen molar-refractivity contribution < 1.29 is 14.2 Å². The van der Waals surface area contributed by atoms with E-state index in [1.54, 1.807) is 25.1 Å². The molecule has 2 heterocycles. The van der Waals surface area contributed by atoms with Crippen molar-refractivity contribution in [1.82, 2.24) is 9.72 Å². The number of carbonyl (C=O) groups excluding carboxylic acids is 1. The zero-order chi connectivity index (χ0) is 21.4. The third-order valence-corrected chi connectivity index (χ3v) is 5.03. The lowest BCUT2D eigenvalue weighted by Crippen LogP contribution is -2.28. The van der Waals surface area contributed by atoms with Crippen LogP contribution in [0.1, 0.15) is 28.6 Å². The van der Waals surface area contributed by atoms with Crippen LogP contribution in [0.2, 0.25) is 0 Å². The third kappa shape index (κ3) is 3.28. The molecule has 0 amide bonds. The zero-order valence-corrected chi connectivity index (χ0v) is 16.3. The van der Waals surface area contributed by atoms with Gasteiger partial charge in [-0.05, 0) is 37.6 Å². The molecule has 0 atom stereocenters. The molecule has 0 fully saturated rings. The number of Topliss-reactive ketones (excluding diaryl/α,β-unsaturated/α-hetero) is 1. The van der Waals surface area contributed by atoms with E-state index in [1.165, 1.54) is 23.6 Å². The second-order valence-electron chi connectivity index (χ2n) is 6.95. The van der Waals surface area contributed by atoms with Crippen molar-refractivity contribution in [3.05, 3.63) is 92.0 Å². The maximum Gasteiger partial charge on any atom is 0.269 e. The molecule has 0 aliphatic heterocycles. The van der Waals surface area contributed by atoms with Crippen LogP contribution in [0.4, 0.5) is 5.69 Å². The quantitative estimate of drug-likeness (QED) is 0.282. The number of carbonyl (C=O) groups is 1.